The minimum Gasteiger partial charge on any atom is -0.378 e. The number of morpholine rings is 1. The first-order valence-corrected chi connectivity index (χ1v) is 7.88. The molecule has 118 valence electrons. The molecule has 22 heavy (non-hydrogen) atoms. The highest BCUT2D eigenvalue weighted by atomic mass is 16.5. The van der Waals surface area contributed by atoms with E-state index in [4.69, 9.17) is 4.74 Å². The molecular weight excluding hydrogens is 278 g/mol. The van der Waals surface area contributed by atoms with Gasteiger partial charge in [-0.3, -0.25) is 4.90 Å². The Bertz CT molecular complexity index is 539. The Morgan fingerprint density at radius 2 is 1.64 bits per heavy atom. The smallest absolute Gasteiger partial charge is 0.134 e. The van der Waals surface area contributed by atoms with E-state index in [0.29, 0.717) is 0 Å². The fraction of sp³-hybridized carbons (Fsp3) is 0.625. The highest BCUT2D eigenvalue weighted by molar-refractivity contribution is 5.50. The molecule has 2 aliphatic rings. The third kappa shape index (κ3) is 3.67. The van der Waals surface area contributed by atoms with E-state index >= 15 is 0 Å². The Morgan fingerprint density at radius 3 is 2.27 bits per heavy atom. The molecule has 3 heterocycles. The lowest BCUT2D eigenvalue weighted by atomic mass is 10.3. The van der Waals surface area contributed by atoms with Crippen molar-refractivity contribution in [2.75, 3.05) is 68.8 Å². The molecule has 1 aromatic rings. The second-order valence-electron chi connectivity index (χ2n) is 5.52. The first-order valence-electron chi connectivity index (χ1n) is 7.88. The van der Waals surface area contributed by atoms with E-state index in [9.17, 15) is 0 Å². The molecule has 1 aromatic heterocycles. The zero-order valence-corrected chi connectivity index (χ0v) is 13.2. The third-order valence-electron chi connectivity index (χ3n) is 4.15. The summed E-state index contributed by atoms with van der Waals surface area (Å²) in [4.78, 5) is 15.9. The monoisotopic (exact) mass is 301 g/mol. The van der Waals surface area contributed by atoms with Gasteiger partial charge in [-0.15, -0.1) is 5.92 Å². The van der Waals surface area contributed by atoms with E-state index in [1.54, 1.807) is 6.33 Å². The maximum absolute atomic E-state index is 5.40. The number of ether oxygens (including phenoxy) is 1. The van der Waals surface area contributed by atoms with Crippen molar-refractivity contribution < 1.29 is 4.74 Å². The SMILES string of the molecule is CC#CCN1CCN(c2cc(N3CCOCC3)ncn2)CC1. The number of nitrogens with zero attached hydrogens (tertiary/aromatic N) is 5. The van der Waals surface area contributed by atoms with Crippen LogP contribution in [0.15, 0.2) is 12.4 Å². The topological polar surface area (TPSA) is 44.7 Å². The van der Waals surface area contributed by atoms with E-state index in [0.717, 1.165) is 70.7 Å². The summed E-state index contributed by atoms with van der Waals surface area (Å²) in [6.07, 6.45) is 1.68. The molecule has 3 rings (SSSR count). The molecule has 2 aliphatic heterocycles. The number of hydrogen-bond acceptors (Lipinski definition) is 6. The Labute approximate surface area is 132 Å². The number of anilines is 2. The van der Waals surface area contributed by atoms with Gasteiger partial charge in [0.1, 0.15) is 18.0 Å². The molecule has 2 saturated heterocycles. The lowest BCUT2D eigenvalue weighted by Crippen LogP contribution is -2.46. The second kappa shape index (κ2) is 7.43. The predicted octanol–water partition coefficient (Wildman–Crippen LogP) is 0.458. The summed E-state index contributed by atoms with van der Waals surface area (Å²) in [6, 6.07) is 2.10. The number of aromatic nitrogens is 2. The summed E-state index contributed by atoms with van der Waals surface area (Å²) in [7, 11) is 0. The molecule has 0 unspecified atom stereocenters. The Kier molecular flexibility index (Phi) is 5.09. The Morgan fingerprint density at radius 1 is 1.00 bits per heavy atom. The van der Waals surface area contributed by atoms with Crippen LogP contribution in [0.3, 0.4) is 0 Å². The quantitative estimate of drug-likeness (QED) is 0.756. The van der Waals surface area contributed by atoms with Crippen LogP contribution < -0.4 is 9.80 Å². The van der Waals surface area contributed by atoms with E-state index in [1.165, 1.54) is 0 Å². The molecule has 0 atom stereocenters. The molecule has 0 aromatic carbocycles. The van der Waals surface area contributed by atoms with Gasteiger partial charge in [0.15, 0.2) is 0 Å². The normalized spacial score (nSPS) is 19.7. The minimum absolute atomic E-state index is 0.774. The fourth-order valence-corrected chi connectivity index (χ4v) is 2.80. The van der Waals surface area contributed by atoms with Crippen molar-refractivity contribution in [1.82, 2.24) is 14.9 Å². The van der Waals surface area contributed by atoms with Crippen LogP contribution in [0.5, 0.6) is 0 Å². The molecule has 0 radical (unpaired) electrons. The van der Waals surface area contributed by atoms with Crippen LogP contribution in [-0.2, 0) is 4.74 Å². The van der Waals surface area contributed by atoms with Gasteiger partial charge in [0, 0.05) is 45.3 Å². The van der Waals surface area contributed by atoms with Gasteiger partial charge in [0.05, 0.1) is 19.8 Å². The largest absolute Gasteiger partial charge is 0.378 e. The van der Waals surface area contributed by atoms with E-state index in [2.05, 4.69) is 42.6 Å². The Hall–Kier alpha value is -1.84. The molecule has 6 nitrogen and oxygen atoms in total. The van der Waals surface area contributed by atoms with E-state index < -0.39 is 0 Å². The third-order valence-corrected chi connectivity index (χ3v) is 4.15. The minimum atomic E-state index is 0.774. The summed E-state index contributed by atoms with van der Waals surface area (Å²) in [5, 5.41) is 0. The van der Waals surface area contributed by atoms with Crippen molar-refractivity contribution >= 4 is 11.6 Å². The van der Waals surface area contributed by atoms with Gasteiger partial charge >= 0.3 is 0 Å². The zero-order valence-electron chi connectivity index (χ0n) is 13.2. The van der Waals surface area contributed by atoms with E-state index in [1.807, 2.05) is 6.92 Å². The molecule has 0 amide bonds. The second-order valence-corrected chi connectivity index (χ2v) is 5.52. The van der Waals surface area contributed by atoms with Crippen LogP contribution in [0.4, 0.5) is 11.6 Å². The van der Waals surface area contributed by atoms with Gasteiger partial charge in [-0.2, -0.15) is 0 Å². The van der Waals surface area contributed by atoms with Crippen LogP contribution in [-0.4, -0.2) is 73.9 Å². The van der Waals surface area contributed by atoms with Crippen LogP contribution in [0.25, 0.3) is 0 Å². The standard InChI is InChI=1S/C16H23N5O/c1-2-3-4-19-5-7-20(8-6-19)15-13-16(18-14-17-15)21-9-11-22-12-10-21/h13-14H,4-12H2,1H3. The Balaban J connectivity index is 1.61. The van der Waals surface area contributed by atoms with Crippen molar-refractivity contribution in [3.8, 4) is 11.8 Å². The molecular formula is C16H23N5O. The van der Waals surface area contributed by atoms with E-state index in [-0.39, 0.29) is 0 Å². The first kappa shape index (κ1) is 15.1. The number of hydrogen-bond donors (Lipinski definition) is 0. The molecule has 0 N–H and O–H groups in total. The predicted molar refractivity (Wildman–Crippen MR) is 87.2 cm³/mol. The van der Waals surface area contributed by atoms with Crippen molar-refractivity contribution in [2.24, 2.45) is 0 Å². The van der Waals surface area contributed by atoms with Gasteiger partial charge in [0.25, 0.3) is 0 Å². The molecule has 0 aliphatic carbocycles. The summed E-state index contributed by atoms with van der Waals surface area (Å²) < 4.78 is 5.40. The van der Waals surface area contributed by atoms with Crippen LogP contribution >= 0.6 is 0 Å². The average molecular weight is 301 g/mol. The van der Waals surface area contributed by atoms with Crippen molar-refractivity contribution in [3.05, 3.63) is 12.4 Å². The highest BCUT2D eigenvalue weighted by Crippen LogP contribution is 2.19. The van der Waals surface area contributed by atoms with Gasteiger partial charge < -0.3 is 14.5 Å². The molecule has 6 heteroatoms. The maximum atomic E-state index is 5.40. The number of piperazine rings is 1. The average Bonchev–Trinajstić information content (AvgIpc) is 2.61. The maximum Gasteiger partial charge on any atom is 0.134 e. The number of rotatable bonds is 3. The van der Waals surface area contributed by atoms with Crippen LogP contribution in [0, 0.1) is 11.8 Å². The molecule has 2 fully saturated rings. The van der Waals surface area contributed by atoms with Gasteiger partial charge in [-0.05, 0) is 6.92 Å². The molecule has 0 spiro atoms. The summed E-state index contributed by atoms with van der Waals surface area (Å²) in [5.41, 5.74) is 0. The van der Waals surface area contributed by atoms with Crippen LogP contribution in [0.1, 0.15) is 6.92 Å². The zero-order chi connectivity index (χ0) is 15.2. The first-order chi connectivity index (χ1) is 10.9. The highest BCUT2D eigenvalue weighted by Gasteiger charge is 2.19. The van der Waals surface area contributed by atoms with Gasteiger partial charge in [-0.1, -0.05) is 5.92 Å². The summed E-state index contributed by atoms with van der Waals surface area (Å²) in [5.74, 6) is 8.13. The molecule has 0 bridgehead atoms. The van der Waals surface area contributed by atoms with Crippen molar-refractivity contribution in [2.45, 2.75) is 6.92 Å². The summed E-state index contributed by atoms with van der Waals surface area (Å²) >= 11 is 0. The van der Waals surface area contributed by atoms with Gasteiger partial charge in [-0.25, -0.2) is 9.97 Å². The summed E-state index contributed by atoms with van der Waals surface area (Å²) in [6.45, 7) is 10.2. The molecule has 0 saturated carbocycles. The lowest BCUT2D eigenvalue weighted by molar-refractivity contribution is 0.122. The van der Waals surface area contributed by atoms with Crippen LogP contribution in [0.2, 0.25) is 0 Å². The lowest BCUT2D eigenvalue weighted by Gasteiger charge is -2.35. The van der Waals surface area contributed by atoms with Gasteiger partial charge in [0.2, 0.25) is 0 Å². The van der Waals surface area contributed by atoms with Crippen molar-refractivity contribution in [1.29, 1.82) is 0 Å². The van der Waals surface area contributed by atoms with Crippen molar-refractivity contribution in [3.63, 3.8) is 0 Å². The fourth-order valence-electron chi connectivity index (χ4n) is 2.80.